The number of hydrogen-bond donors (Lipinski definition) is 0. The zero-order valence-electron chi connectivity index (χ0n) is 12.6. The van der Waals surface area contributed by atoms with Crippen LogP contribution < -0.4 is 0 Å². The average Bonchev–Trinajstić information content (AvgIpc) is 2.50. The normalized spacial score (nSPS) is 12.1. The Morgan fingerprint density at radius 2 is 1.80 bits per heavy atom. The molecule has 0 radical (unpaired) electrons. The molecule has 3 heteroatoms. The van der Waals surface area contributed by atoms with Gasteiger partial charge < -0.3 is 9.47 Å². The van der Waals surface area contributed by atoms with Crippen LogP contribution in [0.5, 0.6) is 0 Å². The Morgan fingerprint density at radius 3 is 2.45 bits per heavy atom. The molecule has 112 valence electrons. The molecule has 20 heavy (non-hydrogen) atoms. The lowest BCUT2D eigenvalue weighted by Gasteiger charge is -2.16. The van der Waals surface area contributed by atoms with Crippen LogP contribution in [0.15, 0.2) is 30.3 Å². The molecule has 0 aliphatic carbocycles. The number of carbonyl (C=O) groups is 1. The molecule has 1 aromatic carbocycles. The maximum absolute atomic E-state index is 11.8. The minimum atomic E-state index is -0.230. The van der Waals surface area contributed by atoms with Crippen LogP contribution in [-0.2, 0) is 9.47 Å². The highest BCUT2D eigenvalue weighted by Crippen LogP contribution is 2.17. The number of benzene rings is 1. The lowest BCUT2D eigenvalue weighted by molar-refractivity contribution is 0.0472. The highest BCUT2D eigenvalue weighted by Gasteiger charge is 2.11. The van der Waals surface area contributed by atoms with Crippen LogP contribution in [0.4, 0.5) is 0 Å². The zero-order valence-corrected chi connectivity index (χ0v) is 12.6. The molecule has 1 atom stereocenters. The quantitative estimate of drug-likeness (QED) is 0.605. The first-order valence-corrected chi connectivity index (χ1v) is 7.49. The fourth-order valence-electron chi connectivity index (χ4n) is 2.19. The molecule has 0 heterocycles. The fourth-order valence-corrected chi connectivity index (χ4v) is 2.19. The molecule has 0 saturated carbocycles. The molecular formula is C17H26O3. The molecule has 1 rings (SSSR count). The van der Waals surface area contributed by atoms with Crippen molar-refractivity contribution in [2.75, 3.05) is 20.3 Å². The Hall–Kier alpha value is -1.35. The summed E-state index contributed by atoms with van der Waals surface area (Å²) in [5.74, 6) is 0.352. The van der Waals surface area contributed by atoms with Crippen molar-refractivity contribution in [3.63, 3.8) is 0 Å². The monoisotopic (exact) mass is 278 g/mol. The second-order valence-electron chi connectivity index (χ2n) is 5.08. The van der Waals surface area contributed by atoms with Crippen LogP contribution in [-0.4, -0.2) is 26.3 Å². The van der Waals surface area contributed by atoms with Crippen LogP contribution in [0.25, 0.3) is 0 Å². The Kier molecular flexibility index (Phi) is 8.72. The van der Waals surface area contributed by atoms with E-state index in [1.54, 1.807) is 19.2 Å². The lowest BCUT2D eigenvalue weighted by Crippen LogP contribution is -2.12. The van der Waals surface area contributed by atoms with Crippen molar-refractivity contribution in [2.45, 2.75) is 39.0 Å². The Balaban J connectivity index is 2.30. The van der Waals surface area contributed by atoms with E-state index in [4.69, 9.17) is 9.47 Å². The lowest BCUT2D eigenvalue weighted by atomic mass is 9.96. The van der Waals surface area contributed by atoms with Crippen LogP contribution in [0.2, 0.25) is 0 Å². The van der Waals surface area contributed by atoms with Gasteiger partial charge in [-0.2, -0.15) is 0 Å². The third kappa shape index (κ3) is 6.71. The summed E-state index contributed by atoms with van der Waals surface area (Å²) in [6.45, 7) is 3.47. The van der Waals surface area contributed by atoms with Gasteiger partial charge in [-0.15, -0.1) is 0 Å². The molecule has 0 spiro atoms. The number of ether oxygens (including phenoxy) is 2. The summed E-state index contributed by atoms with van der Waals surface area (Å²) in [6, 6.07) is 9.14. The molecule has 1 aromatic rings. The number of hydrogen-bond acceptors (Lipinski definition) is 3. The highest BCUT2D eigenvalue weighted by atomic mass is 16.5. The summed E-state index contributed by atoms with van der Waals surface area (Å²) in [6.07, 6.45) is 5.57. The standard InChI is InChI=1S/C17H26O3/c1-3-4-8-15(11-13-19-2)12-14-20-17(18)16-9-6-5-7-10-16/h5-7,9-10,15H,3-4,8,11-14H2,1-2H3. The zero-order chi connectivity index (χ0) is 14.6. The first-order chi connectivity index (χ1) is 9.77. The van der Waals surface area contributed by atoms with E-state index in [-0.39, 0.29) is 5.97 Å². The minimum Gasteiger partial charge on any atom is -0.462 e. The van der Waals surface area contributed by atoms with E-state index in [1.165, 1.54) is 19.3 Å². The summed E-state index contributed by atoms with van der Waals surface area (Å²) in [5, 5.41) is 0. The van der Waals surface area contributed by atoms with E-state index in [0.717, 1.165) is 19.4 Å². The number of unbranched alkanes of at least 4 members (excludes halogenated alkanes) is 1. The van der Waals surface area contributed by atoms with E-state index in [2.05, 4.69) is 6.92 Å². The van der Waals surface area contributed by atoms with Crippen LogP contribution in [0.1, 0.15) is 49.4 Å². The second kappa shape index (κ2) is 10.4. The van der Waals surface area contributed by atoms with Crippen LogP contribution in [0.3, 0.4) is 0 Å². The van der Waals surface area contributed by atoms with Crippen molar-refractivity contribution in [3.8, 4) is 0 Å². The van der Waals surface area contributed by atoms with Gasteiger partial charge in [0.1, 0.15) is 0 Å². The largest absolute Gasteiger partial charge is 0.462 e. The number of rotatable bonds is 10. The van der Waals surface area contributed by atoms with Gasteiger partial charge in [0.05, 0.1) is 12.2 Å². The van der Waals surface area contributed by atoms with Crippen molar-refractivity contribution in [1.29, 1.82) is 0 Å². The molecule has 1 unspecified atom stereocenters. The Morgan fingerprint density at radius 1 is 1.10 bits per heavy atom. The Labute approximate surface area is 122 Å². The molecule has 0 amide bonds. The maximum atomic E-state index is 11.8. The fraction of sp³-hybridized carbons (Fsp3) is 0.588. The third-order valence-corrected chi connectivity index (χ3v) is 3.46. The maximum Gasteiger partial charge on any atom is 0.338 e. The van der Waals surface area contributed by atoms with E-state index < -0.39 is 0 Å². The number of methoxy groups -OCH3 is 1. The summed E-state index contributed by atoms with van der Waals surface area (Å²) in [4.78, 5) is 11.8. The van der Waals surface area contributed by atoms with Gasteiger partial charge in [0.25, 0.3) is 0 Å². The van der Waals surface area contributed by atoms with Crippen molar-refractivity contribution >= 4 is 5.97 Å². The van der Waals surface area contributed by atoms with Gasteiger partial charge in [0.15, 0.2) is 0 Å². The van der Waals surface area contributed by atoms with E-state index in [9.17, 15) is 4.79 Å². The van der Waals surface area contributed by atoms with Crippen molar-refractivity contribution in [3.05, 3.63) is 35.9 Å². The molecular weight excluding hydrogens is 252 g/mol. The molecule has 0 aromatic heterocycles. The third-order valence-electron chi connectivity index (χ3n) is 3.46. The number of carbonyl (C=O) groups excluding carboxylic acids is 1. The summed E-state index contributed by atoms with van der Waals surface area (Å²) in [7, 11) is 1.73. The van der Waals surface area contributed by atoms with Gasteiger partial charge in [-0.05, 0) is 30.9 Å². The van der Waals surface area contributed by atoms with Gasteiger partial charge >= 0.3 is 5.97 Å². The molecule has 3 nitrogen and oxygen atoms in total. The van der Waals surface area contributed by atoms with Crippen molar-refractivity contribution in [1.82, 2.24) is 0 Å². The predicted octanol–water partition coefficient (Wildman–Crippen LogP) is 4.08. The van der Waals surface area contributed by atoms with E-state index in [0.29, 0.717) is 18.1 Å². The van der Waals surface area contributed by atoms with Gasteiger partial charge in [-0.3, -0.25) is 0 Å². The van der Waals surface area contributed by atoms with Crippen LogP contribution in [0, 0.1) is 5.92 Å². The summed E-state index contributed by atoms with van der Waals surface area (Å²) in [5.41, 5.74) is 0.620. The van der Waals surface area contributed by atoms with Gasteiger partial charge in [0.2, 0.25) is 0 Å². The summed E-state index contributed by atoms with van der Waals surface area (Å²) < 4.78 is 10.5. The van der Waals surface area contributed by atoms with Gasteiger partial charge in [-0.25, -0.2) is 4.79 Å². The topological polar surface area (TPSA) is 35.5 Å². The van der Waals surface area contributed by atoms with Crippen molar-refractivity contribution in [2.24, 2.45) is 5.92 Å². The first-order valence-electron chi connectivity index (χ1n) is 7.49. The highest BCUT2D eigenvalue weighted by molar-refractivity contribution is 5.89. The molecule has 0 N–H and O–H groups in total. The van der Waals surface area contributed by atoms with E-state index in [1.807, 2.05) is 18.2 Å². The molecule has 0 saturated heterocycles. The second-order valence-corrected chi connectivity index (χ2v) is 5.08. The molecule has 0 fully saturated rings. The molecule has 0 bridgehead atoms. The van der Waals surface area contributed by atoms with Gasteiger partial charge in [0, 0.05) is 13.7 Å². The smallest absolute Gasteiger partial charge is 0.338 e. The average molecular weight is 278 g/mol. The predicted molar refractivity (Wildman–Crippen MR) is 80.8 cm³/mol. The van der Waals surface area contributed by atoms with Crippen molar-refractivity contribution < 1.29 is 14.3 Å². The SMILES string of the molecule is CCCCC(CCOC)CCOC(=O)c1ccccc1. The Bertz CT molecular complexity index is 354. The van der Waals surface area contributed by atoms with Gasteiger partial charge in [-0.1, -0.05) is 44.4 Å². The molecule has 0 aliphatic rings. The van der Waals surface area contributed by atoms with E-state index >= 15 is 0 Å². The minimum absolute atomic E-state index is 0.230. The molecule has 0 aliphatic heterocycles. The summed E-state index contributed by atoms with van der Waals surface area (Å²) >= 11 is 0. The first kappa shape index (κ1) is 16.7. The van der Waals surface area contributed by atoms with Crippen LogP contribution >= 0.6 is 0 Å². The number of esters is 1.